The average molecular weight is 494 g/mol. The lowest BCUT2D eigenvalue weighted by atomic mass is 9.83. The molecular weight excluding hydrogens is 462 g/mol. The fourth-order valence-corrected chi connectivity index (χ4v) is 5.84. The van der Waals surface area contributed by atoms with E-state index in [1.807, 2.05) is 52.4 Å². The van der Waals surface area contributed by atoms with E-state index >= 15 is 0 Å². The van der Waals surface area contributed by atoms with E-state index in [1.165, 1.54) is 37.9 Å². The van der Waals surface area contributed by atoms with Gasteiger partial charge in [0, 0.05) is 55.7 Å². The number of rotatable bonds is 8. The molecule has 0 aliphatic carbocycles. The highest BCUT2D eigenvalue weighted by atomic mass is 15.4. The van der Waals surface area contributed by atoms with E-state index in [2.05, 4.69) is 60.5 Å². The summed E-state index contributed by atoms with van der Waals surface area (Å²) in [5.74, 6) is 0.949. The lowest BCUT2D eigenvalue weighted by Crippen LogP contribution is -2.52. The number of nitrogens with one attached hydrogen (secondary N) is 1. The monoisotopic (exact) mass is 493 g/mol. The minimum absolute atomic E-state index is 0.561. The molecule has 1 unspecified atom stereocenters. The van der Waals surface area contributed by atoms with Gasteiger partial charge in [-0.15, -0.1) is 5.10 Å². The molecule has 9 nitrogen and oxygen atoms in total. The second kappa shape index (κ2) is 9.57. The van der Waals surface area contributed by atoms with Gasteiger partial charge in [0.2, 0.25) is 0 Å². The zero-order valence-corrected chi connectivity index (χ0v) is 20.8. The molecular formula is C28H31N9. The molecule has 1 N–H and O–H groups in total. The van der Waals surface area contributed by atoms with Crippen LogP contribution >= 0.6 is 0 Å². The van der Waals surface area contributed by atoms with Gasteiger partial charge >= 0.3 is 0 Å². The molecule has 8 heterocycles. The van der Waals surface area contributed by atoms with Gasteiger partial charge in [-0.05, 0) is 68.1 Å². The summed E-state index contributed by atoms with van der Waals surface area (Å²) in [4.78, 5) is 11.8. The largest absolute Gasteiger partial charge is 0.322 e. The lowest BCUT2D eigenvalue weighted by molar-refractivity contribution is 0.0495. The summed E-state index contributed by atoms with van der Waals surface area (Å²) < 4.78 is 5.97. The van der Waals surface area contributed by atoms with Crippen molar-refractivity contribution in [3.8, 4) is 16.9 Å². The van der Waals surface area contributed by atoms with Gasteiger partial charge in [-0.2, -0.15) is 0 Å². The molecule has 0 amide bonds. The second-order valence-corrected chi connectivity index (χ2v) is 10.4. The summed E-state index contributed by atoms with van der Waals surface area (Å²) in [6.45, 7) is 5.07. The number of fused-ring (bicyclic) bond motifs is 4. The quantitative estimate of drug-likeness (QED) is 0.357. The van der Waals surface area contributed by atoms with Crippen molar-refractivity contribution in [2.24, 2.45) is 5.92 Å². The molecule has 3 saturated heterocycles. The second-order valence-electron chi connectivity index (χ2n) is 10.4. The number of pyridine rings is 2. The van der Waals surface area contributed by atoms with Gasteiger partial charge in [0.05, 0.1) is 30.3 Å². The normalized spacial score (nSPS) is 21.1. The van der Waals surface area contributed by atoms with Crippen LogP contribution in [-0.2, 0) is 13.1 Å². The molecule has 5 aromatic heterocycles. The summed E-state index contributed by atoms with van der Waals surface area (Å²) in [5, 5.41) is 12.4. The van der Waals surface area contributed by atoms with E-state index in [1.54, 1.807) is 0 Å². The van der Waals surface area contributed by atoms with Gasteiger partial charge in [-0.25, -0.2) is 9.67 Å². The number of hydrogen-bond donors (Lipinski definition) is 1. The molecule has 3 aliphatic rings. The number of hydrogen-bond acceptors (Lipinski definition) is 6. The summed E-state index contributed by atoms with van der Waals surface area (Å²) >= 11 is 0. The summed E-state index contributed by atoms with van der Waals surface area (Å²) in [7, 11) is 0. The lowest BCUT2D eigenvalue weighted by Gasteiger charge is -2.45. The van der Waals surface area contributed by atoms with Crippen molar-refractivity contribution in [2.45, 2.75) is 38.4 Å². The standard InChI is InChI=1S/C28H31N9/c1-2-8-34(7-1)26-12-23(14-30-16-26)27-20-37(33-32-27)19-24-18-36-17-22(3-4-28(36)31-24)13-29-15-25-11-21-5-9-35(25)10-6-21/h1-4,7-8,12,14,16-18,20-21,25,29H,5-6,9-11,13,15,19H2. The average Bonchev–Trinajstić information content (AvgIpc) is 3.71. The van der Waals surface area contributed by atoms with Crippen LogP contribution < -0.4 is 5.32 Å². The first kappa shape index (κ1) is 22.4. The summed E-state index contributed by atoms with van der Waals surface area (Å²) in [5.41, 5.74) is 5.88. The molecule has 0 aromatic carbocycles. The highest BCUT2D eigenvalue weighted by Crippen LogP contribution is 2.31. The minimum Gasteiger partial charge on any atom is -0.322 e. The Balaban J connectivity index is 1.00. The predicted octanol–water partition coefficient (Wildman–Crippen LogP) is 3.40. The maximum absolute atomic E-state index is 4.79. The smallest absolute Gasteiger partial charge is 0.137 e. The Morgan fingerprint density at radius 2 is 1.89 bits per heavy atom. The zero-order chi connectivity index (χ0) is 24.6. The highest BCUT2D eigenvalue weighted by Gasteiger charge is 2.32. The Kier molecular flexibility index (Phi) is 5.79. The Hall–Kier alpha value is -3.82. The van der Waals surface area contributed by atoms with Crippen LogP contribution in [0.4, 0.5) is 0 Å². The van der Waals surface area contributed by atoms with Crippen LogP contribution in [0.3, 0.4) is 0 Å². The fraction of sp³-hybridized carbons (Fsp3) is 0.357. The Morgan fingerprint density at radius 3 is 2.73 bits per heavy atom. The van der Waals surface area contributed by atoms with Crippen molar-refractivity contribution in [3.05, 3.63) is 85.0 Å². The first-order valence-corrected chi connectivity index (χ1v) is 13.2. The topological polar surface area (TPSA) is 81.1 Å². The van der Waals surface area contributed by atoms with Gasteiger partial charge in [-0.3, -0.25) is 9.88 Å². The van der Waals surface area contributed by atoms with Crippen molar-refractivity contribution in [1.82, 2.24) is 44.1 Å². The van der Waals surface area contributed by atoms with Crippen LogP contribution in [0.5, 0.6) is 0 Å². The zero-order valence-electron chi connectivity index (χ0n) is 20.8. The third kappa shape index (κ3) is 4.68. The highest BCUT2D eigenvalue weighted by molar-refractivity contribution is 5.59. The third-order valence-electron chi connectivity index (χ3n) is 7.83. The molecule has 9 heteroatoms. The molecule has 5 aromatic rings. The first-order valence-electron chi connectivity index (χ1n) is 13.2. The van der Waals surface area contributed by atoms with Crippen LogP contribution in [0, 0.1) is 5.92 Å². The fourth-order valence-electron chi connectivity index (χ4n) is 5.84. The van der Waals surface area contributed by atoms with Crippen LogP contribution in [0.2, 0.25) is 0 Å². The molecule has 3 fully saturated rings. The van der Waals surface area contributed by atoms with Crippen molar-refractivity contribution in [2.75, 3.05) is 19.6 Å². The van der Waals surface area contributed by atoms with E-state index < -0.39 is 0 Å². The third-order valence-corrected chi connectivity index (χ3v) is 7.83. The molecule has 188 valence electrons. The van der Waals surface area contributed by atoms with Crippen LogP contribution in [0.25, 0.3) is 22.6 Å². The van der Waals surface area contributed by atoms with Crippen molar-refractivity contribution < 1.29 is 0 Å². The molecule has 0 saturated carbocycles. The van der Waals surface area contributed by atoms with Gasteiger partial charge < -0.3 is 14.3 Å². The number of imidazole rings is 1. The van der Waals surface area contributed by atoms with Gasteiger partial charge in [0.25, 0.3) is 0 Å². The van der Waals surface area contributed by atoms with Gasteiger partial charge in [-0.1, -0.05) is 11.3 Å². The summed E-state index contributed by atoms with van der Waals surface area (Å²) in [6, 6.07) is 11.0. The SMILES string of the molecule is c1ccn(-c2cncc(-c3cn(Cc4cn5cc(CNCC6CC7CCN6CC7)ccc5n4)nn3)c2)c1. The molecule has 0 radical (unpaired) electrons. The van der Waals surface area contributed by atoms with Crippen molar-refractivity contribution in [3.63, 3.8) is 0 Å². The van der Waals surface area contributed by atoms with Gasteiger partial charge in [0.15, 0.2) is 0 Å². The van der Waals surface area contributed by atoms with Gasteiger partial charge in [0.1, 0.15) is 11.3 Å². The maximum atomic E-state index is 4.79. The van der Waals surface area contributed by atoms with Crippen molar-refractivity contribution >= 4 is 5.65 Å². The Labute approximate surface area is 215 Å². The number of nitrogens with zero attached hydrogens (tertiary/aromatic N) is 8. The Bertz CT molecular complexity index is 1490. The molecule has 8 rings (SSSR count). The van der Waals surface area contributed by atoms with E-state index in [4.69, 9.17) is 4.98 Å². The molecule has 1 atom stereocenters. The molecule has 37 heavy (non-hydrogen) atoms. The maximum Gasteiger partial charge on any atom is 0.137 e. The van der Waals surface area contributed by atoms with E-state index in [0.717, 1.165) is 47.3 Å². The van der Waals surface area contributed by atoms with Crippen LogP contribution in [0.1, 0.15) is 30.5 Å². The first-order chi connectivity index (χ1) is 18.3. The van der Waals surface area contributed by atoms with Crippen LogP contribution in [-0.4, -0.2) is 64.5 Å². The predicted molar refractivity (Wildman–Crippen MR) is 141 cm³/mol. The summed E-state index contributed by atoms with van der Waals surface area (Å²) in [6.07, 6.45) is 18.0. The minimum atomic E-state index is 0.561. The van der Waals surface area contributed by atoms with Crippen molar-refractivity contribution in [1.29, 1.82) is 0 Å². The Morgan fingerprint density at radius 1 is 1.00 bits per heavy atom. The number of piperidine rings is 3. The molecule has 2 bridgehead atoms. The molecule has 0 spiro atoms. The molecule has 3 aliphatic heterocycles. The van der Waals surface area contributed by atoms with E-state index in [-0.39, 0.29) is 0 Å². The van der Waals surface area contributed by atoms with Crippen LogP contribution in [0.15, 0.2) is 73.7 Å². The van der Waals surface area contributed by atoms with E-state index in [0.29, 0.717) is 12.6 Å². The number of aromatic nitrogens is 7. The van der Waals surface area contributed by atoms with E-state index in [9.17, 15) is 0 Å².